The first-order chi connectivity index (χ1) is 7.42. The molecule has 16 heavy (non-hydrogen) atoms. The zero-order valence-corrected chi connectivity index (χ0v) is 9.56. The number of halogens is 3. The van der Waals surface area contributed by atoms with E-state index in [1.54, 1.807) is 13.0 Å². The van der Waals surface area contributed by atoms with Crippen molar-refractivity contribution < 1.29 is 17.9 Å². The second-order valence-electron chi connectivity index (χ2n) is 2.77. The number of anilines is 1. The molecule has 92 valence electrons. The van der Waals surface area contributed by atoms with Gasteiger partial charge in [-0.1, -0.05) is 26.8 Å². The van der Waals surface area contributed by atoms with Crippen LogP contribution in [0.3, 0.4) is 0 Å². The summed E-state index contributed by atoms with van der Waals surface area (Å²) in [4.78, 5) is 0. The molecule has 0 aromatic heterocycles. The van der Waals surface area contributed by atoms with Crippen molar-refractivity contribution in [3.63, 3.8) is 0 Å². The summed E-state index contributed by atoms with van der Waals surface area (Å²) in [6, 6.07) is 4.24. The van der Waals surface area contributed by atoms with Crippen LogP contribution in [0, 0.1) is 0 Å². The quantitative estimate of drug-likeness (QED) is 0.792. The van der Waals surface area contributed by atoms with E-state index < -0.39 is 6.36 Å². The molecule has 0 spiro atoms. The Kier molecular flexibility index (Phi) is 5.71. The summed E-state index contributed by atoms with van der Waals surface area (Å²) < 4.78 is 39.6. The zero-order valence-electron chi connectivity index (χ0n) is 9.56. The lowest BCUT2D eigenvalue weighted by atomic mass is 10.1. The van der Waals surface area contributed by atoms with Crippen molar-refractivity contribution in [2.45, 2.75) is 33.6 Å². The van der Waals surface area contributed by atoms with E-state index in [0.717, 1.165) is 0 Å². The summed E-state index contributed by atoms with van der Waals surface area (Å²) in [7, 11) is 0. The number of ether oxygens (including phenoxy) is 1. The Hall–Kier alpha value is -1.39. The van der Waals surface area contributed by atoms with Crippen molar-refractivity contribution in [3.8, 4) is 5.75 Å². The van der Waals surface area contributed by atoms with Crippen LogP contribution in [0.2, 0.25) is 0 Å². The lowest BCUT2D eigenvalue weighted by Crippen LogP contribution is -2.18. The monoisotopic (exact) mass is 235 g/mol. The van der Waals surface area contributed by atoms with Crippen LogP contribution in [0.4, 0.5) is 18.9 Å². The molecule has 0 bridgehead atoms. The van der Waals surface area contributed by atoms with E-state index in [0.29, 0.717) is 12.0 Å². The van der Waals surface area contributed by atoms with Crippen molar-refractivity contribution in [2.75, 3.05) is 5.73 Å². The van der Waals surface area contributed by atoms with Crippen LogP contribution in [0.15, 0.2) is 18.2 Å². The zero-order chi connectivity index (χ0) is 12.8. The van der Waals surface area contributed by atoms with Gasteiger partial charge in [0.1, 0.15) is 5.75 Å². The number of hydrogen-bond donors (Lipinski definition) is 1. The van der Waals surface area contributed by atoms with Crippen molar-refractivity contribution in [1.82, 2.24) is 0 Å². The van der Waals surface area contributed by atoms with Gasteiger partial charge in [0.25, 0.3) is 0 Å². The van der Waals surface area contributed by atoms with E-state index in [4.69, 9.17) is 5.73 Å². The second kappa shape index (κ2) is 6.25. The highest BCUT2D eigenvalue weighted by atomic mass is 19.4. The number of nitrogen functional groups attached to an aromatic ring is 1. The van der Waals surface area contributed by atoms with Crippen LogP contribution in [-0.2, 0) is 6.42 Å². The molecule has 0 saturated heterocycles. The predicted octanol–water partition coefficient (Wildman–Crippen LogP) is 3.76. The van der Waals surface area contributed by atoms with Gasteiger partial charge in [-0.15, -0.1) is 13.2 Å². The maximum atomic E-state index is 11.9. The van der Waals surface area contributed by atoms with E-state index in [-0.39, 0.29) is 11.4 Å². The summed E-state index contributed by atoms with van der Waals surface area (Å²) in [5, 5.41) is 0. The highest BCUT2D eigenvalue weighted by molar-refractivity contribution is 5.48. The third-order valence-corrected chi connectivity index (χ3v) is 1.70. The third-order valence-electron chi connectivity index (χ3n) is 1.70. The predicted molar refractivity (Wildman–Crippen MR) is 58.3 cm³/mol. The molecule has 5 heteroatoms. The first kappa shape index (κ1) is 14.6. The number of rotatable bonds is 2. The van der Waals surface area contributed by atoms with Crippen LogP contribution < -0.4 is 10.5 Å². The van der Waals surface area contributed by atoms with Crippen molar-refractivity contribution in [1.29, 1.82) is 0 Å². The van der Waals surface area contributed by atoms with Gasteiger partial charge in [-0.25, -0.2) is 0 Å². The minimum Gasteiger partial charge on any atom is -0.405 e. The number of aryl methyl sites for hydroxylation is 1. The molecule has 0 saturated carbocycles. The first-order valence-corrected chi connectivity index (χ1v) is 5.06. The number of alkyl halides is 3. The fourth-order valence-electron chi connectivity index (χ4n) is 1.08. The third kappa shape index (κ3) is 4.91. The number of nitrogens with two attached hydrogens (primary N) is 1. The Bertz CT molecular complexity index is 323. The number of hydrogen-bond acceptors (Lipinski definition) is 2. The largest absolute Gasteiger partial charge is 0.573 e. The molecule has 0 amide bonds. The molecule has 0 radical (unpaired) electrons. The first-order valence-electron chi connectivity index (χ1n) is 5.06. The van der Waals surface area contributed by atoms with Gasteiger partial charge in [0.15, 0.2) is 0 Å². The van der Waals surface area contributed by atoms with Crippen molar-refractivity contribution in [3.05, 3.63) is 23.8 Å². The van der Waals surface area contributed by atoms with E-state index in [1.807, 2.05) is 13.8 Å². The van der Waals surface area contributed by atoms with E-state index >= 15 is 0 Å². The van der Waals surface area contributed by atoms with Crippen molar-refractivity contribution >= 4 is 5.69 Å². The highest BCUT2D eigenvalue weighted by Crippen LogP contribution is 2.28. The van der Waals surface area contributed by atoms with Gasteiger partial charge < -0.3 is 10.5 Å². The average molecular weight is 235 g/mol. The fraction of sp³-hybridized carbons (Fsp3) is 0.455. The summed E-state index contributed by atoms with van der Waals surface area (Å²) in [5.74, 6) is -0.222. The molecule has 1 rings (SSSR count). The van der Waals surface area contributed by atoms with Crippen LogP contribution >= 0.6 is 0 Å². The standard InChI is InChI=1S/C9H10F3NO.C2H6/c1-2-6-3-4-7(13)5-8(6)14-9(10,11)12;1-2/h3-5H,2,13H2,1H3;1-2H3. The van der Waals surface area contributed by atoms with Crippen LogP contribution in [0.5, 0.6) is 5.75 Å². The molecule has 0 aliphatic rings. The lowest BCUT2D eigenvalue weighted by Gasteiger charge is -2.12. The molecule has 0 fully saturated rings. The molecule has 2 nitrogen and oxygen atoms in total. The van der Waals surface area contributed by atoms with Crippen molar-refractivity contribution in [2.24, 2.45) is 0 Å². The average Bonchev–Trinajstić information content (AvgIpc) is 2.19. The molecular formula is C11H16F3NO. The van der Waals surface area contributed by atoms with E-state index in [1.165, 1.54) is 12.1 Å². The summed E-state index contributed by atoms with van der Waals surface area (Å²) in [6.45, 7) is 5.74. The maximum Gasteiger partial charge on any atom is 0.573 e. The minimum atomic E-state index is -4.67. The second-order valence-corrected chi connectivity index (χ2v) is 2.77. The SMILES string of the molecule is CC.CCc1ccc(N)cc1OC(F)(F)F. The maximum absolute atomic E-state index is 11.9. The van der Waals surface area contributed by atoms with Gasteiger partial charge in [-0.2, -0.15) is 0 Å². The van der Waals surface area contributed by atoms with Crippen LogP contribution in [0.1, 0.15) is 26.3 Å². The van der Waals surface area contributed by atoms with Gasteiger partial charge in [0.2, 0.25) is 0 Å². The lowest BCUT2D eigenvalue weighted by molar-refractivity contribution is -0.274. The Balaban J connectivity index is 0.00000106. The molecule has 0 heterocycles. The molecule has 0 aliphatic heterocycles. The smallest absolute Gasteiger partial charge is 0.405 e. The fourth-order valence-corrected chi connectivity index (χ4v) is 1.08. The van der Waals surface area contributed by atoms with Gasteiger partial charge in [-0.05, 0) is 18.1 Å². The molecule has 1 aromatic carbocycles. The summed E-state index contributed by atoms with van der Waals surface area (Å²) in [5.41, 5.74) is 6.09. The van der Waals surface area contributed by atoms with E-state index in [2.05, 4.69) is 4.74 Å². The Morgan fingerprint density at radius 2 is 1.81 bits per heavy atom. The molecular weight excluding hydrogens is 219 g/mol. The molecule has 0 unspecified atom stereocenters. The molecule has 2 N–H and O–H groups in total. The highest BCUT2D eigenvalue weighted by Gasteiger charge is 2.31. The Labute approximate surface area is 93.2 Å². The normalized spacial score (nSPS) is 10.4. The van der Waals surface area contributed by atoms with Gasteiger partial charge in [0.05, 0.1) is 0 Å². The minimum absolute atomic E-state index is 0.222. The Morgan fingerprint density at radius 3 is 2.25 bits per heavy atom. The molecule has 0 aliphatic carbocycles. The van der Waals surface area contributed by atoms with Crippen LogP contribution in [-0.4, -0.2) is 6.36 Å². The molecule has 0 atom stereocenters. The van der Waals surface area contributed by atoms with Gasteiger partial charge in [0, 0.05) is 11.8 Å². The number of benzene rings is 1. The van der Waals surface area contributed by atoms with Gasteiger partial charge >= 0.3 is 6.36 Å². The summed E-state index contributed by atoms with van der Waals surface area (Å²) in [6.07, 6.45) is -4.20. The van der Waals surface area contributed by atoms with Crippen LogP contribution in [0.25, 0.3) is 0 Å². The molecule has 1 aromatic rings. The summed E-state index contributed by atoms with van der Waals surface area (Å²) >= 11 is 0. The van der Waals surface area contributed by atoms with E-state index in [9.17, 15) is 13.2 Å². The van der Waals surface area contributed by atoms with Gasteiger partial charge in [-0.3, -0.25) is 0 Å². The Morgan fingerprint density at radius 1 is 1.25 bits per heavy atom. The topological polar surface area (TPSA) is 35.2 Å².